The molecule has 1 aromatic heterocycles. The Hall–Kier alpha value is -1.88. The molecule has 1 amide bonds. The average molecular weight is 265 g/mol. The van der Waals surface area contributed by atoms with Crippen molar-refractivity contribution in [1.29, 1.82) is 0 Å². The highest BCUT2D eigenvalue weighted by Gasteiger charge is 2.15. The van der Waals surface area contributed by atoms with E-state index in [-0.39, 0.29) is 11.9 Å². The number of rotatable bonds is 3. The summed E-state index contributed by atoms with van der Waals surface area (Å²) in [5.41, 5.74) is 1.47. The van der Waals surface area contributed by atoms with E-state index in [0.29, 0.717) is 16.4 Å². The fourth-order valence-electron chi connectivity index (χ4n) is 1.57. The standard InChI is InChI=1S/C12H13ClN4O/c1-7-3-4-9(10(13)5-7)12(18)16-8(2)11-14-6-15-17-11/h3-6,8H,1-2H3,(H,16,18)(H,14,15,17). The molecule has 2 N–H and O–H groups in total. The summed E-state index contributed by atoms with van der Waals surface area (Å²) >= 11 is 6.04. The van der Waals surface area contributed by atoms with Crippen molar-refractivity contribution in [2.75, 3.05) is 0 Å². The average Bonchev–Trinajstić information content (AvgIpc) is 2.81. The maximum Gasteiger partial charge on any atom is 0.253 e. The lowest BCUT2D eigenvalue weighted by molar-refractivity contribution is 0.0938. The Morgan fingerprint density at radius 1 is 1.50 bits per heavy atom. The number of carbonyl (C=O) groups is 1. The van der Waals surface area contributed by atoms with Crippen LogP contribution < -0.4 is 5.32 Å². The molecule has 0 saturated carbocycles. The van der Waals surface area contributed by atoms with Gasteiger partial charge in [0.1, 0.15) is 12.2 Å². The second kappa shape index (κ2) is 5.18. The molecule has 0 aliphatic rings. The minimum atomic E-state index is -0.252. The van der Waals surface area contributed by atoms with Crippen LogP contribution >= 0.6 is 11.6 Å². The molecule has 18 heavy (non-hydrogen) atoms. The molecular weight excluding hydrogens is 252 g/mol. The number of H-pyrrole nitrogens is 1. The van der Waals surface area contributed by atoms with Gasteiger partial charge in [0.05, 0.1) is 16.6 Å². The van der Waals surface area contributed by atoms with E-state index in [9.17, 15) is 4.79 Å². The first kappa shape index (κ1) is 12.6. The number of benzene rings is 1. The van der Waals surface area contributed by atoms with E-state index in [1.54, 1.807) is 12.1 Å². The number of nitrogens with one attached hydrogen (secondary N) is 2. The predicted octanol–water partition coefficient (Wildman–Crippen LogP) is 2.26. The molecule has 1 unspecified atom stereocenters. The molecule has 0 aliphatic heterocycles. The number of carbonyl (C=O) groups excluding carboxylic acids is 1. The highest BCUT2D eigenvalue weighted by atomic mass is 35.5. The number of aromatic nitrogens is 3. The largest absolute Gasteiger partial charge is 0.342 e. The molecule has 0 aliphatic carbocycles. The van der Waals surface area contributed by atoms with E-state index < -0.39 is 0 Å². The summed E-state index contributed by atoms with van der Waals surface area (Å²) in [6.07, 6.45) is 1.40. The summed E-state index contributed by atoms with van der Waals surface area (Å²) in [5.74, 6) is 0.371. The van der Waals surface area contributed by atoms with Crippen molar-refractivity contribution in [2.45, 2.75) is 19.9 Å². The summed E-state index contributed by atoms with van der Waals surface area (Å²) in [7, 11) is 0. The van der Waals surface area contributed by atoms with Crippen LogP contribution in [0.15, 0.2) is 24.5 Å². The van der Waals surface area contributed by atoms with Gasteiger partial charge in [-0.3, -0.25) is 9.89 Å². The van der Waals surface area contributed by atoms with Crippen molar-refractivity contribution < 1.29 is 4.79 Å². The highest BCUT2D eigenvalue weighted by Crippen LogP contribution is 2.18. The third-order valence-corrected chi connectivity index (χ3v) is 2.87. The van der Waals surface area contributed by atoms with E-state index in [1.165, 1.54) is 6.33 Å². The first-order valence-electron chi connectivity index (χ1n) is 5.50. The zero-order valence-electron chi connectivity index (χ0n) is 10.1. The molecule has 6 heteroatoms. The van der Waals surface area contributed by atoms with Gasteiger partial charge in [0, 0.05) is 0 Å². The maximum absolute atomic E-state index is 12.0. The number of amides is 1. The Morgan fingerprint density at radius 3 is 2.89 bits per heavy atom. The minimum absolute atomic E-state index is 0.232. The normalized spacial score (nSPS) is 12.2. The van der Waals surface area contributed by atoms with Crippen LogP contribution in [0.4, 0.5) is 0 Å². The van der Waals surface area contributed by atoms with Crippen LogP contribution in [0, 0.1) is 6.92 Å². The van der Waals surface area contributed by atoms with Gasteiger partial charge in [-0.1, -0.05) is 17.7 Å². The Kier molecular flexibility index (Phi) is 3.62. The molecule has 1 aromatic carbocycles. The predicted molar refractivity (Wildman–Crippen MR) is 68.5 cm³/mol. The molecular formula is C12H13ClN4O. The van der Waals surface area contributed by atoms with Crippen LogP contribution in [0.5, 0.6) is 0 Å². The summed E-state index contributed by atoms with van der Waals surface area (Å²) in [5, 5.41) is 9.69. The smallest absolute Gasteiger partial charge is 0.253 e. The highest BCUT2D eigenvalue weighted by molar-refractivity contribution is 6.33. The number of hydrogen-bond donors (Lipinski definition) is 2. The molecule has 0 radical (unpaired) electrons. The Morgan fingerprint density at radius 2 is 2.28 bits per heavy atom. The number of hydrogen-bond acceptors (Lipinski definition) is 3. The van der Waals surface area contributed by atoms with Gasteiger partial charge < -0.3 is 5.32 Å². The van der Waals surface area contributed by atoms with Crippen LogP contribution in [-0.2, 0) is 0 Å². The number of aromatic amines is 1. The van der Waals surface area contributed by atoms with Gasteiger partial charge in [-0.05, 0) is 31.5 Å². The Bertz CT molecular complexity index is 553. The van der Waals surface area contributed by atoms with Gasteiger partial charge in [0.15, 0.2) is 0 Å². The summed E-state index contributed by atoms with van der Waals surface area (Å²) in [4.78, 5) is 16.0. The van der Waals surface area contributed by atoms with Crippen molar-refractivity contribution in [1.82, 2.24) is 20.5 Å². The molecule has 0 saturated heterocycles. The topological polar surface area (TPSA) is 70.7 Å². The SMILES string of the molecule is Cc1ccc(C(=O)NC(C)c2ncn[nH]2)c(Cl)c1. The van der Waals surface area contributed by atoms with E-state index >= 15 is 0 Å². The first-order valence-corrected chi connectivity index (χ1v) is 5.88. The molecule has 1 atom stereocenters. The summed E-state index contributed by atoms with van der Waals surface area (Å²) in [6.45, 7) is 3.74. The van der Waals surface area contributed by atoms with Crippen molar-refractivity contribution >= 4 is 17.5 Å². The molecule has 0 spiro atoms. The fourth-order valence-corrected chi connectivity index (χ4v) is 1.89. The van der Waals surface area contributed by atoms with Gasteiger partial charge in [-0.2, -0.15) is 5.10 Å². The lowest BCUT2D eigenvalue weighted by Crippen LogP contribution is -2.27. The molecule has 94 valence electrons. The third-order valence-electron chi connectivity index (χ3n) is 2.56. The maximum atomic E-state index is 12.0. The fraction of sp³-hybridized carbons (Fsp3) is 0.250. The number of halogens is 1. The quantitative estimate of drug-likeness (QED) is 0.893. The second-order valence-corrected chi connectivity index (χ2v) is 4.46. The van der Waals surface area contributed by atoms with E-state index in [2.05, 4.69) is 20.5 Å². The van der Waals surface area contributed by atoms with Crippen molar-refractivity contribution in [3.63, 3.8) is 0 Å². The third kappa shape index (κ3) is 2.68. The lowest BCUT2D eigenvalue weighted by Gasteiger charge is -2.12. The van der Waals surface area contributed by atoms with Gasteiger partial charge in [0.2, 0.25) is 0 Å². The zero-order valence-corrected chi connectivity index (χ0v) is 10.8. The lowest BCUT2D eigenvalue weighted by atomic mass is 10.1. The molecule has 5 nitrogen and oxygen atoms in total. The zero-order chi connectivity index (χ0) is 13.1. The van der Waals surface area contributed by atoms with E-state index in [4.69, 9.17) is 11.6 Å². The monoisotopic (exact) mass is 264 g/mol. The van der Waals surface area contributed by atoms with Gasteiger partial charge >= 0.3 is 0 Å². The molecule has 1 heterocycles. The molecule has 0 fully saturated rings. The first-order chi connectivity index (χ1) is 8.58. The van der Waals surface area contributed by atoms with Crippen molar-refractivity contribution in [3.8, 4) is 0 Å². The van der Waals surface area contributed by atoms with Gasteiger partial charge in [0.25, 0.3) is 5.91 Å². The van der Waals surface area contributed by atoms with Crippen LogP contribution in [0.2, 0.25) is 5.02 Å². The Labute approximate surface area is 110 Å². The van der Waals surface area contributed by atoms with Crippen LogP contribution in [0.3, 0.4) is 0 Å². The van der Waals surface area contributed by atoms with Crippen LogP contribution in [0.25, 0.3) is 0 Å². The minimum Gasteiger partial charge on any atom is -0.342 e. The number of aryl methyl sites for hydroxylation is 1. The summed E-state index contributed by atoms with van der Waals surface area (Å²) in [6, 6.07) is 5.06. The van der Waals surface area contributed by atoms with Crippen LogP contribution in [0.1, 0.15) is 34.7 Å². The van der Waals surface area contributed by atoms with Gasteiger partial charge in [-0.25, -0.2) is 4.98 Å². The van der Waals surface area contributed by atoms with Crippen molar-refractivity contribution in [2.24, 2.45) is 0 Å². The van der Waals surface area contributed by atoms with E-state index in [0.717, 1.165) is 5.56 Å². The Balaban J connectivity index is 2.12. The summed E-state index contributed by atoms with van der Waals surface area (Å²) < 4.78 is 0. The second-order valence-electron chi connectivity index (χ2n) is 4.05. The molecule has 2 rings (SSSR count). The molecule has 0 bridgehead atoms. The van der Waals surface area contributed by atoms with Crippen molar-refractivity contribution in [3.05, 3.63) is 46.5 Å². The van der Waals surface area contributed by atoms with Crippen LogP contribution in [-0.4, -0.2) is 21.1 Å². The van der Waals surface area contributed by atoms with E-state index in [1.807, 2.05) is 19.9 Å². The van der Waals surface area contributed by atoms with Gasteiger partial charge in [-0.15, -0.1) is 0 Å². The molecule has 2 aromatic rings. The number of nitrogens with zero attached hydrogens (tertiary/aromatic N) is 2.